The van der Waals surface area contributed by atoms with Crippen molar-refractivity contribution in [3.63, 3.8) is 0 Å². The lowest BCUT2D eigenvalue weighted by Gasteiger charge is -2.31. The molecule has 1 aromatic heterocycles. The van der Waals surface area contributed by atoms with Gasteiger partial charge in [-0.05, 0) is 56.2 Å². The van der Waals surface area contributed by atoms with Crippen LogP contribution in [0.4, 0.5) is 11.6 Å². The molecule has 0 atom stereocenters. The summed E-state index contributed by atoms with van der Waals surface area (Å²) in [6.07, 6.45) is 4.29. The van der Waals surface area contributed by atoms with E-state index in [-0.39, 0.29) is 5.91 Å². The lowest BCUT2D eigenvalue weighted by molar-refractivity contribution is 0.0691. The monoisotopic (exact) mass is 350 g/mol. The fraction of sp³-hybridized carbons (Fsp3) is 0.476. The summed E-state index contributed by atoms with van der Waals surface area (Å²) in [5, 5.41) is 0. The van der Waals surface area contributed by atoms with E-state index in [0.29, 0.717) is 17.6 Å². The molecule has 1 amide bonds. The van der Waals surface area contributed by atoms with E-state index in [2.05, 4.69) is 40.0 Å². The van der Waals surface area contributed by atoms with Crippen molar-refractivity contribution in [2.45, 2.75) is 39.5 Å². The molecule has 2 aromatic rings. The number of aryl methyl sites for hydroxylation is 2. The van der Waals surface area contributed by atoms with Gasteiger partial charge in [0, 0.05) is 31.0 Å². The number of amides is 1. The number of benzene rings is 1. The Morgan fingerprint density at radius 2 is 1.88 bits per heavy atom. The Hall–Kier alpha value is -2.43. The normalized spacial score (nSPS) is 17.9. The maximum Gasteiger partial charge on any atom is 0.272 e. The molecule has 1 aromatic carbocycles. The van der Waals surface area contributed by atoms with Crippen LogP contribution in [0.3, 0.4) is 0 Å². The molecule has 1 saturated heterocycles. The van der Waals surface area contributed by atoms with E-state index in [4.69, 9.17) is 0 Å². The van der Waals surface area contributed by atoms with Crippen LogP contribution < -0.4 is 4.90 Å². The third kappa shape index (κ3) is 3.30. The van der Waals surface area contributed by atoms with E-state index in [1.54, 1.807) is 0 Å². The standard InChI is InChI=1S/C21H26N4O/c1-15-9-12-24(13-10-15)20(26)18-14-16(2)22-21(23-18)25-11-5-7-17-6-3-4-8-19(17)25/h3-4,6,8,14-15H,5,7,9-13H2,1-2H3. The first-order valence-electron chi connectivity index (χ1n) is 9.62. The molecule has 4 rings (SSSR count). The molecule has 2 aliphatic rings. The largest absolute Gasteiger partial charge is 0.337 e. The molecule has 1 fully saturated rings. The van der Waals surface area contributed by atoms with Crippen molar-refractivity contribution in [3.05, 3.63) is 47.3 Å². The minimum absolute atomic E-state index is 0.0361. The minimum Gasteiger partial charge on any atom is -0.337 e. The van der Waals surface area contributed by atoms with Crippen LogP contribution >= 0.6 is 0 Å². The van der Waals surface area contributed by atoms with Crippen molar-refractivity contribution in [2.75, 3.05) is 24.5 Å². The van der Waals surface area contributed by atoms with Crippen LogP contribution in [-0.4, -0.2) is 40.4 Å². The van der Waals surface area contributed by atoms with Crippen molar-refractivity contribution in [1.29, 1.82) is 0 Å². The number of para-hydroxylation sites is 1. The molecule has 0 unspecified atom stereocenters. The quantitative estimate of drug-likeness (QED) is 0.828. The van der Waals surface area contributed by atoms with E-state index in [9.17, 15) is 4.79 Å². The third-order valence-corrected chi connectivity index (χ3v) is 5.48. The van der Waals surface area contributed by atoms with Gasteiger partial charge in [-0.1, -0.05) is 25.1 Å². The number of anilines is 2. The number of hydrogen-bond donors (Lipinski definition) is 0. The average molecular weight is 350 g/mol. The van der Waals surface area contributed by atoms with Gasteiger partial charge in [0.25, 0.3) is 5.91 Å². The predicted molar refractivity (Wildman–Crippen MR) is 103 cm³/mol. The van der Waals surface area contributed by atoms with E-state index in [0.717, 1.165) is 56.7 Å². The minimum atomic E-state index is 0.0361. The predicted octanol–water partition coefficient (Wildman–Crippen LogP) is 3.74. The molecule has 0 N–H and O–H groups in total. The van der Waals surface area contributed by atoms with E-state index in [1.165, 1.54) is 5.56 Å². The van der Waals surface area contributed by atoms with Gasteiger partial charge in [0.15, 0.2) is 0 Å². The summed E-state index contributed by atoms with van der Waals surface area (Å²) in [5.41, 5.74) is 3.84. The van der Waals surface area contributed by atoms with Crippen LogP contribution in [-0.2, 0) is 6.42 Å². The number of rotatable bonds is 2. The number of carbonyl (C=O) groups is 1. The van der Waals surface area contributed by atoms with Crippen LogP contribution in [0.25, 0.3) is 0 Å². The van der Waals surface area contributed by atoms with Gasteiger partial charge in [-0.15, -0.1) is 0 Å². The van der Waals surface area contributed by atoms with Gasteiger partial charge in [0.2, 0.25) is 5.95 Å². The fourth-order valence-electron chi connectivity index (χ4n) is 3.90. The van der Waals surface area contributed by atoms with Crippen LogP contribution in [0.5, 0.6) is 0 Å². The summed E-state index contributed by atoms with van der Waals surface area (Å²) in [6, 6.07) is 10.2. The van der Waals surface area contributed by atoms with Crippen LogP contribution in [0.2, 0.25) is 0 Å². The lowest BCUT2D eigenvalue weighted by Crippen LogP contribution is -2.38. The Balaban J connectivity index is 1.64. The number of likely N-dealkylation sites (tertiary alicyclic amines) is 1. The molecular formula is C21H26N4O. The number of fused-ring (bicyclic) bond motifs is 1. The summed E-state index contributed by atoms with van der Waals surface area (Å²) in [4.78, 5) is 26.4. The molecule has 0 aliphatic carbocycles. The second-order valence-electron chi connectivity index (χ2n) is 7.55. The topological polar surface area (TPSA) is 49.3 Å². The third-order valence-electron chi connectivity index (χ3n) is 5.48. The van der Waals surface area contributed by atoms with Gasteiger partial charge in [0.05, 0.1) is 0 Å². The SMILES string of the molecule is Cc1cc(C(=O)N2CCC(C)CC2)nc(N2CCCc3ccccc32)n1. The molecule has 136 valence electrons. The Bertz CT molecular complexity index is 811. The maximum atomic E-state index is 13.0. The zero-order valence-electron chi connectivity index (χ0n) is 15.6. The summed E-state index contributed by atoms with van der Waals surface area (Å²) in [6.45, 7) is 6.73. The first-order valence-corrected chi connectivity index (χ1v) is 9.62. The van der Waals surface area contributed by atoms with Gasteiger partial charge < -0.3 is 9.80 Å². The van der Waals surface area contributed by atoms with E-state index in [1.807, 2.05) is 24.0 Å². The number of carbonyl (C=O) groups excluding carboxylic acids is 1. The highest BCUT2D eigenvalue weighted by molar-refractivity contribution is 5.93. The number of aromatic nitrogens is 2. The van der Waals surface area contributed by atoms with E-state index >= 15 is 0 Å². The maximum absolute atomic E-state index is 13.0. The second kappa shape index (κ2) is 7.06. The molecule has 5 heteroatoms. The Morgan fingerprint density at radius 1 is 1.12 bits per heavy atom. The van der Waals surface area contributed by atoms with Gasteiger partial charge in [-0.3, -0.25) is 4.79 Å². The van der Waals surface area contributed by atoms with Crippen molar-refractivity contribution < 1.29 is 4.79 Å². The van der Waals surface area contributed by atoms with Gasteiger partial charge >= 0.3 is 0 Å². The van der Waals surface area contributed by atoms with Gasteiger partial charge in [-0.2, -0.15) is 0 Å². The summed E-state index contributed by atoms with van der Waals surface area (Å²) >= 11 is 0. The van der Waals surface area contributed by atoms with Crippen molar-refractivity contribution >= 4 is 17.5 Å². The first kappa shape index (κ1) is 17.0. The molecule has 0 saturated carbocycles. The highest BCUT2D eigenvalue weighted by Crippen LogP contribution is 2.31. The van der Waals surface area contributed by atoms with Crippen LogP contribution in [0, 0.1) is 12.8 Å². The van der Waals surface area contributed by atoms with Crippen molar-refractivity contribution in [1.82, 2.24) is 14.9 Å². The van der Waals surface area contributed by atoms with Gasteiger partial charge in [-0.25, -0.2) is 9.97 Å². The number of nitrogens with zero attached hydrogens (tertiary/aromatic N) is 4. The van der Waals surface area contributed by atoms with Crippen LogP contribution in [0.1, 0.15) is 47.9 Å². The molecular weight excluding hydrogens is 324 g/mol. The molecule has 2 aliphatic heterocycles. The zero-order valence-corrected chi connectivity index (χ0v) is 15.6. The molecule has 0 radical (unpaired) electrons. The Kier molecular flexibility index (Phi) is 4.62. The molecule has 5 nitrogen and oxygen atoms in total. The first-order chi connectivity index (χ1) is 12.6. The lowest BCUT2D eigenvalue weighted by atomic mass is 9.99. The smallest absolute Gasteiger partial charge is 0.272 e. The molecule has 0 spiro atoms. The number of piperidine rings is 1. The van der Waals surface area contributed by atoms with E-state index < -0.39 is 0 Å². The molecule has 26 heavy (non-hydrogen) atoms. The number of hydrogen-bond acceptors (Lipinski definition) is 4. The average Bonchev–Trinajstić information content (AvgIpc) is 2.67. The highest BCUT2D eigenvalue weighted by Gasteiger charge is 2.25. The summed E-state index contributed by atoms with van der Waals surface area (Å²) in [5.74, 6) is 1.38. The summed E-state index contributed by atoms with van der Waals surface area (Å²) in [7, 11) is 0. The van der Waals surface area contributed by atoms with Crippen molar-refractivity contribution in [3.8, 4) is 0 Å². The Morgan fingerprint density at radius 3 is 2.69 bits per heavy atom. The van der Waals surface area contributed by atoms with Crippen LogP contribution in [0.15, 0.2) is 30.3 Å². The van der Waals surface area contributed by atoms with Crippen molar-refractivity contribution in [2.24, 2.45) is 5.92 Å². The van der Waals surface area contributed by atoms with Gasteiger partial charge in [0.1, 0.15) is 5.69 Å². The molecule has 0 bridgehead atoms. The summed E-state index contributed by atoms with van der Waals surface area (Å²) < 4.78 is 0. The Labute approximate surface area is 155 Å². The highest BCUT2D eigenvalue weighted by atomic mass is 16.2. The zero-order chi connectivity index (χ0) is 18.1. The second-order valence-corrected chi connectivity index (χ2v) is 7.55. The molecule has 3 heterocycles. The fourth-order valence-corrected chi connectivity index (χ4v) is 3.90.